The number of benzene rings is 1. The zero-order chi connectivity index (χ0) is 12.1. The zero-order valence-corrected chi connectivity index (χ0v) is 11.2. The Labute approximate surface area is 106 Å². The van der Waals surface area contributed by atoms with Gasteiger partial charge in [0.25, 0.3) is 0 Å². The summed E-state index contributed by atoms with van der Waals surface area (Å²) in [5.41, 5.74) is 1.40. The van der Waals surface area contributed by atoms with Crippen molar-refractivity contribution in [2.24, 2.45) is 5.92 Å². The third-order valence-electron chi connectivity index (χ3n) is 4.17. The molecule has 0 amide bonds. The molecule has 0 heterocycles. The Kier molecular flexibility index (Phi) is 4.61. The fraction of sp³-hybridized carbons (Fsp3) is 0.625. The Morgan fingerprint density at radius 1 is 1.00 bits per heavy atom. The molecular formula is C16H25N. The smallest absolute Gasteiger partial charge is 0.0294 e. The van der Waals surface area contributed by atoms with Crippen molar-refractivity contribution in [1.29, 1.82) is 0 Å². The molecule has 1 aliphatic carbocycles. The Bertz CT molecular complexity index is 314. The minimum atomic E-state index is 0.466. The van der Waals surface area contributed by atoms with Gasteiger partial charge >= 0.3 is 0 Å². The molecule has 0 spiro atoms. The van der Waals surface area contributed by atoms with Gasteiger partial charge in [-0.15, -0.1) is 0 Å². The van der Waals surface area contributed by atoms with Crippen molar-refractivity contribution in [2.75, 3.05) is 0 Å². The van der Waals surface area contributed by atoms with E-state index < -0.39 is 0 Å². The van der Waals surface area contributed by atoms with Crippen LogP contribution in [0.5, 0.6) is 0 Å². The van der Waals surface area contributed by atoms with E-state index in [-0.39, 0.29) is 0 Å². The summed E-state index contributed by atoms with van der Waals surface area (Å²) in [6.45, 7) is 4.63. The van der Waals surface area contributed by atoms with Gasteiger partial charge in [0, 0.05) is 12.1 Å². The molecule has 17 heavy (non-hydrogen) atoms. The van der Waals surface area contributed by atoms with Crippen LogP contribution in [-0.2, 0) is 0 Å². The minimum Gasteiger partial charge on any atom is -0.307 e. The van der Waals surface area contributed by atoms with Crippen LogP contribution in [0.1, 0.15) is 57.6 Å². The standard InChI is InChI=1S/C16H25N/c1-13(15-9-5-3-6-10-15)17-14(2)16-11-7-4-8-12-16/h3,5-6,9-10,13-14,16-17H,4,7-8,11-12H2,1-2H3/t13-,14-/m1/s1. The molecule has 2 rings (SSSR count). The molecule has 0 aliphatic heterocycles. The van der Waals surface area contributed by atoms with Gasteiger partial charge < -0.3 is 5.32 Å². The van der Waals surface area contributed by atoms with E-state index in [4.69, 9.17) is 0 Å². The fourth-order valence-corrected chi connectivity index (χ4v) is 3.00. The molecule has 1 nitrogen and oxygen atoms in total. The molecule has 0 unspecified atom stereocenters. The number of hydrogen-bond acceptors (Lipinski definition) is 1. The minimum absolute atomic E-state index is 0.466. The average molecular weight is 231 g/mol. The van der Waals surface area contributed by atoms with Crippen LogP contribution in [0.25, 0.3) is 0 Å². The second kappa shape index (κ2) is 6.20. The van der Waals surface area contributed by atoms with E-state index in [1.807, 2.05) is 0 Å². The Morgan fingerprint density at radius 3 is 2.29 bits per heavy atom. The summed E-state index contributed by atoms with van der Waals surface area (Å²) in [7, 11) is 0. The lowest BCUT2D eigenvalue weighted by molar-refractivity contribution is 0.268. The largest absolute Gasteiger partial charge is 0.307 e. The molecule has 0 aromatic heterocycles. The average Bonchev–Trinajstić information content (AvgIpc) is 2.40. The highest BCUT2D eigenvalue weighted by Crippen LogP contribution is 2.27. The molecular weight excluding hydrogens is 206 g/mol. The summed E-state index contributed by atoms with van der Waals surface area (Å²) in [6.07, 6.45) is 7.12. The normalized spacial score (nSPS) is 21.1. The summed E-state index contributed by atoms with van der Waals surface area (Å²) in [6, 6.07) is 11.9. The summed E-state index contributed by atoms with van der Waals surface area (Å²) in [5, 5.41) is 3.77. The van der Waals surface area contributed by atoms with Crippen molar-refractivity contribution in [2.45, 2.75) is 58.0 Å². The van der Waals surface area contributed by atoms with Crippen LogP contribution in [0.4, 0.5) is 0 Å². The SMILES string of the molecule is C[C@@H](N[C@H](C)C1CCCCC1)c1ccccc1. The van der Waals surface area contributed by atoms with Crippen molar-refractivity contribution >= 4 is 0 Å². The number of nitrogens with one attached hydrogen (secondary N) is 1. The second-order valence-electron chi connectivity index (χ2n) is 5.49. The lowest BCUT2D eigenvalue weighted by Gasteiger charge is -2.30. The monoisotopic (exact) mass is 231 g/mol. The maximum Gasteiger partial charge on any atom is 0.0294 e. The van der Waals surface area contributed by atoms with Crippen LogP contribution in [0.3, 0.4) is 0 Å². The predicted octanol–water partition coefficient (Wildman–Crippen LogP) is 4.31. The second-order valence-corrected chi connectivity index (χ2v) is 5.49. The molecule has 0 radical (unpaired) electrons. The molecule has 1 N–H and O–H groups in total. The van der Waals surface area contributed by atoms with Gasteiger partial charge in [-0.05, 0) is 38.2 Å². The van der Waals surface area contributed by atoms with Crippen molar-refractivity contribution in [3.05, 3.63) is 35.9 Å². The van der Waals surface area contributed by atoms with Gasteiger partial charge in [-0.1, -0.05) is 49.6 Å². The van der Waals surface area contributed by atoms with Crippen molar-refractivity contribution < 1.29 is 0 Å². The topological polar surface area (TPSA) is 12.0 Å². The van der Waals surface area contributed by atoms with Gasteiger partial charge in [-0.2, -0.15) is 0 Å². The summed E-state index contributed by atoms with van der Waals surface area (Å²) < 4.78 is 0. The molecule has 1 aliphatic rings. The third-order valence-corrected chi connectivity index (χ3v) is 4.17. The first-order valence-corrected chi connectivity index (χ1v) is 7.08. The van der Waals surface area contributed by atoms with E-state index in [9.17, 15) is 0 Å². The van der Waals surface area contributed by atoms with Gasteiger partial charge in [0.15, 0.2) is 0 Å². The maximum atomic E-state index is 3.77. The molecule has 1 aromatic rings. The summed E-state index contributed by atoms with van der Waals surface area (Å²) in [4.78, 5) is 0. The Morgan fingerprint density at radius 2 is 1.65 bits per heavy atom. The molecule has 1 fully saturated rings. The molecule has 0 bridgehead atoms. The van der Waals surface area contributed by atoms with Gasteiger partial charge in [0.2, 0.25) is 0 Å². The van der Waals surface area contributed by atoms with Crippen LogP contribution < -0.4 is 5.32 Å². The van der Waals surface area contributed by atoms with Gasteiger partial charge in [0.1, 0.15) is 0 Å². The van der Waals surface area contributed by atoms with E-state index in [1.165, 1.54) is 37.7 Å². The first-order valence-electron chi connectivity index (χ1n) is 7.08. The van der Waals surface area contributed by atoms with E-state index in [0.717, 1.165) is 5.92 Å². The molecule has 0 saturated heterocycles. The van der Waals surface area contributed by atoms with E-state index >= 15 is 0 Å². The van der Waals surface area contributed by atoms with Crippen LogP contribution in [0.2, 0.25) is 0 Å². The quantitative estimate of drug-likeness (QED) is 0.814. The van der Waals surface area contributed by atoms with Gasteiger partial charge in [-0.25, -0.2) is 0 Å². The van der Waals surface area contributed by atoms with Crippen LogP contribution in [0.15, 0.2) is 30.3 Å². The van der Waals surface area contributed by atoms with Crippen LogP contribution in [-0.4, -0.2) is 6.04 Å². The van der Waals surface area contributed by atoms with Crippen molar-refractivity contribution in [3.8, 4) is 0 Å². The number of rotatable bonds is 4. The first-order chi connectivity index (χ1) is 8.27. The van der Waals surface area contributed by atoms with E-state index in [0.29, 0.717) is 12.1 Å². The zero-order valence-electron chi connectivity index (χ0n) is 11.2. The summed E-state index contributed by atoms with van der Waals surface area (Å²) >= 11 is 0. The lowest BCUT2D eigenvalue weighted by Crippen LogP contribution is -2.36. The highest BCUT2D eigenvalue weighted by Gasteiger charge is 2.21. The fourth-order valence-electron chi connectivity index (χ4n) is 3.00. The third kappa shape index (κ3) is 3.57. The molecule has 2 atom stereocenters. The maximum absolute atomic E-state index is 3.77. The molecule has 94 valence electrons. The lowest BCUT2D eigenvalue weighted by atomic mass is 9.84. The highest BCUT2D eigenvalue weighted by molar-refractivity contribution is 5.18. The Hall–Kier alpha value is -0.820. The molecule has 1 heteroatoms. The Balaban J connectivity index is 1.87. The van der Waals surface area contributed by atoms with Crippen LogP contribution >= 0.6 is 0 Å². The van der Waals surface area contributed by atoms with Crippen molar-refractivity contribution in [3.63, 3.8) is 0 Å². The highest BCUT2D eigenvalue weighted by atomic mass is 14.9. The molecule has 1 saturated carbocycles. The van der Waals surface area contributed by atoms with Crippen LogP contribution in [0, 0.1) is 5.92 Å². The van der Waals surface area contributed by atoms with Gasteiger partial charge in [-0.3, -0.25) is 0 Å². The van der Waals surface area contributed by atoms with Gasteiger partial charge in [0.05, 0.1) is 0 Å². The molecule has 1 aromatic carbocycles. The van der Waals surface area contributed by atoms with E-state index in [2.05, 4.69) is 49.5 Å². The van der Waals surface area contributed by atoms with Crippen molar-refractivity contribution in [1.82, 2.24) is 5.32 Å². The van der Waals surface area contributed by atoms with E-state index in [1.54, 1.807) is 0 Å². The predicted molar refractivity (Wildman–Crippen MR) is 74.0 cm³/mol. The number of hydrogen-bond donors (Lipinski definition) is 1. The summed E-state index contributed by atoms with van der Waals surface area (Å²) in [5.74, 6) is 0.884. The first kappa shape index (κ1) is 12.6.